The molecule has 0 saturated carbocycles. The fourth-order valence-electron chi connectivity index (χ4n) is 3.55. The maximum absolute atomic E-state index is 12.3. The third-order valence-electron chi connectivity index (χ3n) is 5.09. The third kappa shape index (κ3) is 8.47. The smallest absolute Gasteiger partial charge is 0.226 e. The monoisotopic (exact) mass is 540 g/mol. The molecule has 2 aromatic rings. The van der Waals surface area contributed by atoms with Gasteiger partial charge in [0.1, 0.15) is 0 Å². The Hall–Kier alpha value is -2.17. The molecule has 8 nitrogen and oxygen atoms in total. The molecule has 0 spiro atoms. The van der Waals surface area contributed by atoms with Gasteiger partial charge < -0.3 is 20.1 Å². The Morgan fingerprint density at radius 1 is 1.26 bits per heavy atom. The zero-order valence-corrected chi connectivity index (χ0v) is 20.7. The van der Waals surface area contributed by atoms with Crippen molar-refractivity contribution in [2.24, 2.45) is 10.9 Å². The van der Waals surface area contributed by atoms with Gasteiger partial charge in [-0.3, -0.25) is 9.79 Å². The number of aryl methyl sites for hydroxylation is 2. The number of nitrogens with one attached hydrogen (secondary N) is 2. The number of rotatable bonds is 10. The van der Waals surface area contributed by atoms with Gasteiger partial charge in [-0.05, 0) is 32.3 Å². The highest BCUT2D eigenvalue weighted by Crippen LogP contribution is 2.18. The van der Waals surface area contributed by atoms with Crippen LogP contribution in [0.3, 0.4) is 0 Å². The number of carbonyl (C=O) groups is 1. The molecule has 1 aromatic heterocycles. The fourth-order valence-corrected chi connectivity index (χ4v) is 3.55. The van der Waals surface area contributed by atoms with Crippen molar-refractivity contribution in [1.29, 1.82) is 0 Å². The van der Waals surface area contributed by atoms with Crippen LogP contribution < -0.4 is 10.6 Å². The molecule has 0 radical (unpaired) electrons. The summed E-state index contributed by atoms with van der Waals surface area (Å²) in [6, 6.07) is 10.3. The second-order valence-corrected chi connectivity index (χ2v) is 7.63. The predicted octanol–water partition coefficient (Wildman–Crippen LogP) is 2.57. The second-order valence-electron chi connectivity index (χ2n) is 7.63. The second kappa shape index (κ2) is 13.3. The first-order chi connectivity index (χ1) is 14.6. The van der Waals surface area contributed by atoms with E-state index in [0.717, 1.165) is 51.4 Å². The lowest BCUT2D eigenvalue weighted by Gasteiger charge is -2.16. The molecule has 2 N–H and O–H groups in total. The number of hydrogen-bond acceptors (Lipinski definition) is 5. The van der Waals surface area contributed by atoms with Gasteiger partial charge in [-0.2, -0.15) is 4.98 Å². The first-order valence-electron chi connectivity index (χ1n) is 10.8. The molecular formula is C22H33IN6O2. The number of halogens is 1. The van der Waals surface area contributed by atoms with E-state index >= 15 is 0 Å². The minimum absolute atomic E-state index is 0. The molecule has 2 heterocycles. The molecule has 0 aliphatic carbocycles. The van der Waals surface area contributed by atoms with E-state index in [0.29, 0.717) is 24.7 Å². The van der Waals surface area contributed by atoms with Crippen molar-refractivity contribution in [3.05, 3.63) is 47.6 Å². The van der Waals surface area contributed by atoms with Crippen LogP contribution in [0.2, 0.25) is 0 Å². The SMILES string of the molecule is CCNC(=NCC1CC(=O)N(CCc2ccccc2)C1)NCCCc1nc(C)no1.I. The van der Waals surface area contributed by atoms with E-state index in [1.165, 1.54) is 5.56 Å². The molecule has 1 fully saturated rings. The van der Waals surface area contributed by atoms with Crippen LogP contribution in [0, 0.1) is 12.8 Å². The number of benzene rings is 1. The molecular weight excluding hydrogens is 507 g/mol. The summed E-state index contributed by atoms with van der Waals surface area (Å²) in [6.45, 7) is 7.62. The summed E-state index contributed by atoms with van der Waals surface area (Å²) < 4.78 is 5.13. The first-order valence-corrected chi connectivity index (χ1v) is 10.8. The number of likely N-dealkylation sites (tertiary alicyclic amines) is 1. The van der Waals surface area contributed by atoms with E-state index in [4.69, 9.17) is 9.52 Å². The van der Waals surface area contributed by atoms with Crippen LogP contribution >= 0.6 is 24.0 Å². The lowest BCUT2D eigenvalue weighted by atomic mass is 10.1. The molecule has 3 rings (SSSR count). The molecule has 1 amide bonds. The number of guanidine groups is 1. The van der Waals surface area contributed by atoms with Gasteiger partial charge in [0.05, 0.1) is 0 Å². The minimum Gasteiger partial charge on any atom is -0.357 e. The maximum Gasteiger partial charge on any atom is 0.226 e. The van der Waals surface area contributed by atoms with Gasteiger partial charge in [-0.1, -0.05) is 35.5 Å². The normalized spacial score (nSPS) is 16.3. The number of nitrogens with zero attached hydrogens (tertiary/aromatic N) is 4. The van der Waals surface area contributed by atoms with Crippen LogP contribution in [0.15, 0.2) is 39.8 Å². The molecule has 1 aliphatic rings. The summed E-state index contributed by atoms with van der Waals surface area (Å²) in [7, 11) is 0. The highest BCUT2D eigenvalue weighted by atomic mass is 127. The van der Waals surface area contributed by atoms with E-state index < -0.39 is 0 Å². The van der Waals surface area contributed by atoms with Crippen molar-refractivity contribution >= 4 is 35.8 Å². The van der Waals surface area contributed by atoms with Gasteiger partial charge in [-0.15, -0.1) is 24.0 Å². The van der Waals surface area contributed by atoms with Crippen molar-refractivity contribution < 1.29 is 9.32 Å². The standard InChI is InChI=1S/C22H32N6O2.HI/c1-3-23-22(24-12-7-10-20-26-17(2)27-30-20)25-15-19-14-21(29)28(16-19)13-11-18-8-5-4-6-9-18;/h4-6,8-9,19H,3,7,10-16H2,1-2H3,(H2,23,24,25);1H. The molecule has 0 bridgehead atoms. The average Bonchev–Trinajstić information content (AvgIpc) is 3.33. The lowest BCUT2D eigenvalue weighted by Crippen LogP contribution is -2.38. The number of carbonyl (C=O) groups excluding carboxylic acids is 1. The van der Waals surface area contributed by atoms with E-state index in [1.54, 1.807) is 0 Å². The Labute approximate surface area is 201 Å². The summed E-state index contributed by atoms with van der Waals surface area (Å²) in [5.74, 6) is 2.62. The first kappa shape index (κ1) is 25.1. The number of amides is 1. The van der Waals surface area contributed by atoms with Crippen molar-refractivity contribution in [3.8, 4) is 0 Å². The Bertz CT molecular complexity index is 826. The minimum atomic E-state index is 0. The predicted molar refractivity (Wildman–Crippen MR) is 132 cm³/mol. The largest absolute Gasteiger partial charge is 0.357 e. The van der Waals surface area contributed by atoms with Crippen molar-refractivity contribution in [2.45, 2.75) is 39.5 Å². The zero-order chi connectivity index (χ0) is 21.2. The van der Waals surface area contributed by atoms with Gasteiger partial charge in [0.2, 0.25) is 11.8 Å². The van der Waals surface area contributed by atoms with Crippen molar-refractivity contribution in [3.63, 3.8) is 0 Å². The van der Waals surface area contributed by atoms with Gasteiger partial charge in [0.15, 0.2) is 11.8 Å². The number of aromatic nitrogens is 2. The number of aliphatic imine (C=N–C) groups is 1. The quantitative estimate of drug-likeness (QED) is 0.208. The van der Waals surface area contributed by atoms with Crippen LogP contribution in [0.25, 0.3) is 0 Å². The summed E-state index contributed by atoms with van der Waals surface area (Å²) in [4.78, 5) is 23.2. The molecule has 9 heteroatoms. The summed E-state index contributed by atoms with van der Waals surface area (Å²) in [6.07, 6.45) is 3.09. The summed E-state index contributed by atoms with van der Waals surface area (Å²) in [5, 5.41) is 10.4. The highest BCUT2D eigenvalue weighted by molar-refractivity contribution is 14.0. The fraction of sp³-hybridized carbons (Fsp3) is 0.545. The Kier molecular flexibility index (Phi) is 10.8. The van der Waals surface area contributed by atoms with Crippen LogP contribution in [-0.4, -0.2) is 59.6 Å². The molecule has 1 aromatic carbocycles. The molecule has 1 unspecified atom stereocenters. The topological polar surface area (TPSA) is 95.7 Å². The summed E-state index contributed by atoms with van der Waals surface area (Å²) >= 11 is 0. The zero-order valence-electron chi connectivity index (χ0n) is 18.3. The molecule has 1 aliphatic heterocycles. The van der Waals surface area contributed by atoms with Crippen LogP contribution in [0.1, 0.15) is 37.0 Å². The average molecular weight is 540 g/mol. The lowest BCUT2D eigenvalue weighted by molar-refractivity contribution is -0.127. The van der Waals surface area contributed by atoms with Crippen LogP contribution in [0.5, 0.6) is 0 Å². The van der Waals surface area contributed by atoms with Crippen LogP contribution in [-0.2, 0) is 17.6 Å². The molecule has 1 saturated heterocycles. The van der Waals surface area contributed by atoms with E-state index in [9.17, 15) is 4.79 Å². The molecule has 170 valence electrons. The van der Waals surface area contributed by atoms with Crippen molar-refractivity contribution in [2.75, 3.05) is 32.7 Å². The third-order valence-corrected chi connectivity index (χ3v) is 5.09. The van der Waals surface area contributed by atoms with Gasteiger partial charge in [0, 0.05) is 51.5 Å². The Morgan fingerprint density at radius 2 is 2.06 bits per heavy atom. The maximum atomic E-state index is 12.3. The molecule has 1 atom stereocenters. The highest BCUT2D eigenvalue weighted by Gasteiger charge is 2.28. The number of hydrogen-bond donors (Lipinski definition) is 2. The van der Waals surface area contributed by atoms with Crippen molar-refractivity contribution in [1.82, 2.24) is 25.7 Å². The Morgan fingerprint density at radius 3 is 2.77 bits per heavy atom. The van der Waals surface area contributed by atoms with E-state index in [-0.39, 0.29) is 35.8 Å². The van der Waals surface area contributed by atoms with Gasteiger partial charge in [0.25, 0.3) is 0 Å². The van der Waals surface area contributed by atoms with Crippen LogP contribution in [0.4, 0.5) is 0 Å². The van der Waals surface area contributed by atoms with E-state index in [1.807, 2.05) is 36.9 Å². The molecule has 31 heavy (non-hydrogen) atoms. The summed E-state index contributed by atoms with van der Waals surface area (Å²) in [5.41, 5.74) is 1.26. The van der Waals surface area contributed by atoms with Gasteiger partial charge >= 0.3 is 0 Å². The van der Waals surface area contributed by atoms with Gasteiger partial charge in [-0.25, -0.2) is 0 Å². The van der Waals surface area contributed by atoms with E-state index in [2.05, 4.69) is 32.9 Å². The Balaban J connectivity index is 0.00000341.